The SMILES string of the molecule is CC(C)(F)c1cc(C=O)ccn1.CNC.CNc1ccc(C)c(-c2cncc(-c3cc(C=O)ncn3)c2)c1. The fourth-order valence-corrected chi connectivity index (χ4v) is 3.26. The Balaban J connectivity index is 0.000000284. The zero-order chi connectivity index (χ0) is 28.1. The highest BCUT2D eigenvalue weighted by Crippen LogP contribution is 2.29. The predicted molar refractivity (Wildman–Crippen MR) is 149 cm³/mol. The number of carbonyl (C=O) groups is 2. The Hall–Kier alpha value is -4.37. The highest BCUT2D eigenvalue weighted by Gasteiger charge is 2.20. The lowest BCUT2D eigenvalue weighted by Crippen LogP contribution is -2.11. The van der Waals surface area contributed by atoms with E-state index in [9.17, 15) is 14.0 Å². The van der Waals surface area contributed by atoms with E-state index >= 15 is 0 Å². The van der Waals surface area contributed by atoms with Crippen LogP contribution in [0.3, 0.4) is 0 Å². The van der Waals surface area contributed by atoms with Gasteiger partial charge in [-0.3, -0.25) is 19.6 Å². The van der Waals surface area contributed by atoms with E-state index in [1.807, 2.05) is 39.5 Å². The molecular weight excluding hydrogens is 483 g/mol. The Bertz CT molecular complexity index is 1350. The number of pyridine rings is 2. The van der Waals surface area contributed by atoms with Gasteiger partial charge >= 0.3 is 0 Å². The molecule has 38 heavy (non-hydrogen) atoms. The highest BCUT2D eigenvalue weighted by atomic mass is 19.1. The van der Waals surface area contributed by atoms with Crippen LogP contribution in [0.1, 0.15) is 46.0 Å². The summed E-state index contributed by atoms with van der Waals surface area (Å²) in [5.41, 5.74) is 5.45. The molecule has 0 spiro atoms. The molecule has 0 saturated carbocycles. The fraction of sp³-hybridized carbons (Fsp3) is 0.241. The van der Waals surface area contributed by atoms with Crippen molar-refractivity contribution in [1.29, 1.82) is 0 Å². The van der Waals surface area contributed by atoms with Crippen molar-refractivity contribution in [2.24, 2.45) is 0 Å². The fourth-order valence-electron chi connectivity index (χ4n) is 3.26. The zero-order valence-electron chi connectivity index (χ0n) is 22.5. The minimum atomic E-state index is -1.49. The summed E-state index contributed by atoms with van der Waals surface area (Å²) in [5, 5.41) is 5.90. The monoisotopic (exact) mass is 516 g/mol. The molecule has 0 radical (unpaired) electrons. The molecular formula is C29H33FN6O2. The molecule has 4 aromatic rings. The van der Waals surface area contributed by atoms with Gasteiger partial charge in [0.25, 0.3) is 0 Å². The lowest BCUT2D eigenvalue weighted by atomic mass is 9.99. The van der Waals surface area contributed by atoms with Crippen molar-refractivity contribution in [3.63, 3.8) is 0 Å². The maximum absolute atomic E-state index is 13.3. The van der Waals surface area contributed by atoms with Crippen molar-refractivity contribution in [2.45, 2.75) is 26.4 Å². The van der Waals surface area contributed by atoms with Crippen molar-refractivity contribution >= 4 is 18.3 Å². The van der Waals surface area contributed by atoms with Crippen LogP contribution in [-0.4, -0.2) is 53.7 Å². The summed E-state index contributed by atoms with van der Waals surface area (Å²) < 4.78 is 13.3. The molecule has 0 atom stereocenters. The van der Waals surface area contributed by atoms with Crippen LogP contribution < -0.4 is 10.6 Å². The Morgan fingerprint density at radius 1 is 0.868 bits per heavy atom. The van der Waals surface area contributed by atoms with Gasteiger partial charge in [0.1, 0.15) is 24.0 Å². The van der Waals surface area contributed by atoms with Crippen molar-refractivity contribution < 1.29 is 14.0 Å². The van der Waals surface area contributed by atoms with Crippen molar-refractivity contribution in [3.8, 4) is 22.4 Å². The van der Waals surface area contributed by atoms with Crippen molar-refractivity contribution in [1.82, 2.24) is 25.3 Å². The molecule has 0 fully saturated rings. The molecule has 8 nitrogen and oxygen atoms in total. The Labute approximate surface area is 222 Å². The molecule has 0 aliphatic carbocycles. The first kappa shape index (κ1) is 29.9. The third kappa shape index (κ3) is 8.63. The van der Waals surface area contributed by atoms with Gasteiger partial charge in [0.05, 0.1) is 11.4 Å². The minimum Gasteiger partial charge on any atom is -0.388 e. The number of rotatable bonds is 6. The van der Waals surface area contributed by atoms with Crippen LogP contribution in [0.2, 0.25) is 0 Å². The summed E-state index contributed by atoms with van der Waals surface area (Å²) in [6.07, 6.45) is 7.77. The van der Waals surface area contributed by atoms with Crippen LogP contribution in [0, 0.1) is 6.92 Å². The number of hydrogen-bond donors (Lipinski definition) is 2. The van der Waals surface area contributed by atoms with Crippen LogP contribution in [0.25, 0.3) is 22.4 Å². The van der Waals surface area contributed by atoms with E-state index in [1.165, 1.54) is 38.0 Å². The van der Waals surface area contributed by atoms with E-state index in [2.05, 4.69) is 49.6 Å². The molecule has 0 aliphatic heterocycles. The Morgan fingerprint density at radius 2 is 1.58 bits per heavy atom. The molecule has 4 rings (SSSR count). The standard InChI is InChI=1S/C18H16N4O.C9H10FNO.C2H7N/c1-12-3-4-15(19-2)6-17(12)13-5-14(9-20-8-13)18-7-16(10-23)21-11-22-18;1-9(2,10)8-5-7(6-12)3-4-11-8;1-3-2/h3-11,19H,1-2H3;3-6H,1-2H3;3H,1-2H3. The number of carbonyl (C=O) groups excluding carboxylic acids is 2. The summed E-state index contributed by atoms with van der Waals surface area (Å²) in [7, 11) is 5.64. The van der Waals surface area contributed by atoms with Gasteiger partial charge in [-0.25, -0.2) is 14.4 Å². The van der Waals surface area contributed by atoms with Gasteiger partial charge < -0.3 is 10.6 Å². The highest BCUT2D eigenvalue weighted by molar-refractivity contribution is 5.77. The normalized spacial score (nSPS) is 10.3. The van der Waals surface area contributed by atoms with Gasteiger partial charge in [-0.15, -0.1) is 0 Å². The smallest absolute Gasteiger partial charge is 0.168 e. The molecule has 198 valence electrons. The number of hydrogen-bond acceptors (Lipinski definition) is 8. The molecule has 3 heterocycles. The maximum Gasteiger partial charge on any atom is 0.168 e. The summed E-state index contributed by atoms with van der Waals surface area (Å²) in [6, 6.07) is 12.9. The summed E-state index contributed by atoms with van der Waals surface area (Å²) in [4.78, 5) is 37.5. The second kappa shape index (κ2) is 14.4. The van der Waals surface area contributed by atoms with Gasteiger partial charge in [-0.2, -0.15) is 0 Å². The largest absolute Gasteiger partial charge is 0.388 e. The van der Waals surface area contributed by atoms with Gasteiger partial charge in [-0.1, -0.05) is 6.07 Å². The average molecular weight is 517 g/mol. The summed E-state index contributed by atoms with van der Waals surface area (Å²) in [6.45, 7) is 4.88. The maximum atomic E-state index is 13.3. The van der Waals surface area contributed by atoms with E-state index in [0.29, 0.717) is 29.5 Å². The number of anilines is 1. The van der Waals surface area contributed by atoms with E-state index in [1.54, 1.807) is 18.3 Å². The third-order valence-corrected chi connectivity index (χ3v) is 5.21. The van der Waals surface area contributed by atoms with E-state index < -0.39 is 5.67 Å². The molecule has 1 aromatic carbocycles. The molecule has 0 aliphatic rings. The van der Waals surface area contributed by atoms with E-state index in [0.717, 1.165) is 22.4 Å². The molecule has 2 N–H and O–H groups in total. The lowest BCUT2D eigenvalue weighted by Gasteiger charge is -2.12. The van der Waals surface area contributed by atoms with Crippen LogP contribution >= 0.6 is 0 Å². The first-order valence-corrected chi connectivity index (χ1v) is 11.9. The topological polar surface area (TPSA) is 110 Å². The third-order valence-electron chi connectivity index (χ3n) is 5.21. The van der Waals surface area contributed by atoms with Crippen molar-refractivity contribution in [3.05, 3.63) is 89.9 Å². The summed E-state index contributed by atoms with van der Waals surface area (Å²) in [5.74, 6) is 0. The van der Waals surface area contributed by atoms with Crippen LogP contribution in [0.5, 0.6) is 0 Å². The number of aryl methyl sites for hydroxylation is 1. The van der Waals surface area contributed by atoms with Gasteiger partial charge in [0.2, 0.25) is 0 Å². The second-order valence-electron chi connectivity index (χ2n) is 8.75. The molecule has 0 saturated heterocycles. The molecule has 0 bridgehead atoms. The number of halogens is 1. The Kier molecular flexibility index (Phi) is 11.3. The number of aromatic nitrogens is 4. The number of benzene rings is 1. The molecule has 0 unspecified atom stereocenters. The number of nitrogens with zero attached hydrogens (tertiary/aromatic N) is 4. The van der Waals surface area contributed by atoms with Gasteiger partial charge in [-0.05, 0) is 82.4 Å². The van der Waals surface area contributed by atoms with E-state index in [4.69, 9.17) is 0 Å². The first-order valence-electron chi connectivity index (χ1n) is 11.9. The minimum absolute atomic E-state index is 0.284. The average Bonchev–Trinajstić information content (AvgIpc) is 2.94. The van der Waals surface area contributed by atoms with Crippen LogP contribution in [0.15, 0.2) is 67.4 Å². The number of nitrogens with one attached hydrogen (secondary N) is 2. The zero-order valence-corrected chi connectivity index (χ0v) is 22.5. The number of alkyl halides is 1. The predicted octanol–water partition coefficient (Wildman–Crippen LogP) is 5.30. The first-order chi connectivity index (χ1) is 18.2. The summed E-state index contributed by atoms with van der Waals surface area (Å²) >= 11 is 0. The van der Waals surface area contributed by atoms with Crippen LogP contribution in [-0.2, 0) is 5.67 Å². The van der Waals surface area contributed by atoms with Gasteiger partial charge in [0.15, 0.2) is 6.29 Å². The lowest BCUT2D eigenvalue weighted by molar-refractivity contribution is 0.111. The van der Waals surface area contributed by atoms with Crippen molar-refractivity contribution in [2.75, 3.05) is 26.5 Å². The number of aldehydes is 2. The molecule has 3 aromatic heterocycles. The molecule has 0 amide bonds. The van der Waals surface area contributed by atoms with Gasteiger partial charge in [0, 0.05) is 48.0 Å². The molecule has 9 heteroatoms. The van der Waals surface area contributed by atoms with E-state index in [-0.39, 0.29) is 5.69 Å². The van der Waals surface area contributed by atoms with Crippen LogP contribution in [0.4, 0.5) is 10.1 Å². The quantitative estimate of drug-likeness (QED) is 0.332. The second-order valence-corrected chi connectivity index (χ2v) is 8.75. The Morgan fingerprint density at radius 3 is 2.21 bits per heavy atom.